The summed E-state index contributed by atoms with van der Waals surface area (Å²) in [6.45, 7) is 8.50. The lowest BCUT2D eigenvalue weighted by atomic mass is 10.1. The van der Waals surface area contributed by atoms with Crippen molar-refractivity contribution in [2.75, 3.05) is 0 Å². The van der Waals surface area contributed by atoms with E-state index in [-0.39, 0.29) is 12.5 Å². The highest BCUT2D eigenvalue weighted by atomic mass is 16.5. The Hall–Kier alpha value is -2.49. The fourth-order valence-electron chi connectivity index (χ4n) is 2.69. The van der Waals surface area contributed by atoms with Crippen molar-refractivity contribution in [1.82, 2.24) is 0 Å². The highest BCUT2D eigenvalue weighted by Gasteiger charge is 2.06. The first kappa shape index (κ1) is 18.8. The molecule has 2 aromatic rings. The third kappa shape index (κ3) is 6.14. The van der Waals surface area contributed by atoms with E-state index >= 15 is 0 Å². The monoisotopic (exact) mass is 342 g/mol. The van der Waals surface area contributed by atoms with Gasteiger partial charge in [-0.25, -0.2) is 0 Å². The number of hydrogen-bond donors (Lipinski definition) is 1. The van der Waals surface area contributed by atoms with Gasteiger partial charge in [0.1, 0.15) is 18.1 Å². The van der Waals surface area contributed by atoms with Crippen molar-refractivity contribution >= 4 is 5.97 Å². The Bertz CT molecular complexity index is 735. The molecule has 0 unspecified atom stereocenters. The highest BCUT2D eigenvalue weighted by molar-refractivity contribution is 5.67. The Balaban J connectivity index is 2.03. The predicted octanol–water partition coefficient (Wildman–Crippen LogP) is 4.69. The molecule has 0 spiro atoms. The molecular formula is C21H26O4. The summed E-state index contributed by atoms with van der Waals surface area (Å²) in [4.78, 5) is 10.7. The van der Waals surface area contributed by atoms with E-state index in [4.69, 9.17) is 14.6 Å². The summed E-state index contributed by atoms with van der Waals surface area (Å²) in [5, 5.41) is 8.77. The summed E-state index contributed by atoms with van der Waals surface area (Å²) in [6.07, 6.45) is 0.808. The van der Waals surface area contributed by atoms with Gasteiger partial charge in [0.25, 0.3) is 0 Å². The number of hydrogen-bond acceptors (Lipinski definition) is 3. The van der Waals surface area contributed by atoms with Crippen LogP contribution in [0.15, 0.2) is 36.4 Å². The van der Waals surface area contributed by atoms with Gasteiger partial charge in [-0.05, 0) is 74.6 Å². The molecule has 0 radical (unpaired) electrons. The Morgan fingerprint density at radius 3 is 2.48 bits per heavy atom. The third-order valence-corrected chi connectivity index (χ3v) is 3.74. The molecule has 0 saturated heterocycles. The number of ether oxygens (including phenoxy) is 2. The molecule has 134 valence electrons. The van der Waals surface area contributed by atoms with Crippen LogP contribution in [-0.2, 0) is 17.8 Å². The minimum absolute atomic E-state index is 0.135. The van der Waals surface area contributed by atoms with Crippen molar-refractivity contribution in [2.24, 2.45) is 0 Å². The van der Waals surface area contributed by atoms with E-state index < -0.39 is 5.97 Å². The van der Waals surface area contributed by atoms with Crippen LogP contribution in [0, 0.1) is 13.8 Å². The molecule has 0 bridgehead atoms. The normalized spacial score (nSPS) is 10.8. The van der Waals surface area contributed by atoms with Crippen LogP contribution in [0.4, 0.5) is 0 Å². The fourth-order valence-corrected chi connectivity index (χ4v) is 2.69. The second-order valence-electron chi connectivity index (χ2n) is 6.60. The van der Waals surface area contributed by atoms with Crippen LogP contribution >= 0.6 is 0 Å². The summed E-state index contributed by atoms with van der Waals surface area (Å²) >= 11 is 0. The first-order valence-corrected chi connectivity index (χ1v) is 8.55. The van der Waals surface area contributed by atoms with E-state index in [1.165, 1.54) is 0 Å². The van der Waals surface area contributed by atoms with Gasteiger partial charge in [-0.2, -0.15) is 0 Å². The Kier molecular flexibility index (Phi) is 6.45. The molecule has 0 aliphatic rings. The summed E-state index contributed by atoms with van der Waals surface area (Å²) < 4.78 is 11.7. The maximum atomic E-state index is 10.7. The van der Waals surface area contributed by atoms with Crippen LogP contribution in [0.5, 0.6) is 11.5 Å². The van der Waals surface area contributed by atoms with Gasteiger partial charge in [0.2, 0.25) is 0 Å². The molecule has 25 heavy (non-hydrogen) atoms. The first-order valence-electron chi connectivity index (χ1n) is 8.55. The Labute approximate surface area is 149 Å². The zero-order valence-electron chi connectivity index (χ0n) is 15.3. The third-order valence-electron chi connectivity index (χ3n) is 3.74. The van der Waals surface area contributed by atoms with Crippen molar-refractivity contribution in [1.29, 1.82) is 0 Å². The molecule has 0 aromatic heterocycles. The van der Waals surface area contributed by atoms with E-state index in [1.54, 1.807) is 0 Å². The number of carboxylic acid groups (broad SMARTS) is 1. The maximum Gasteiger partial charge on any atom is 0.303 e. The molecule has 0 saturated carbocycles. The molecule has 0 atom stereocenters. The molecule has 2 aromatic carbocycles. The molecular weight excluding hydrogens is 316 g/mol. The first-order chi connectivity index (χ1) is 11.8. The topological polar surface area (TPSA) is 55.8 Å². The van der Waals surface area contributed by atoms with Crippen molar-refractivity contribution in [3.05, 3.63) is 58.7 Å². The van der Waals surface area contributed by atoms with Gasteiger partial charge in [-0.1, -0.05) is 18.2 Å². The van der Waals surface area contributed by atoms with Crippen LogP contribution in [0.3, 0.4) is 0 Å². The van der Waals surface area contributed by atoms with E-state index in [2.05, 4.69) is 6.07 Å². The summed E-state index contributed by atoms with van der Waals surface area (Å²) in [6, 6.07) is 11.9. The number of carboxylic acids is 1. The summed E-state index contributed by atoms with van der Waals surface area (Å²) in [5.74, 6) is 0.887. The van der Waals surface area contributed by atoms with Crippen LogP contribution in [-0.4, -0.2) is 17.2 Å². The average Bonchev–Trinajstić information content (AvgIpc) is 2.50. The van der Waals surface area contributed by atoms with Gasteiger partial charge in [-0.15, -0.1) is 0 Å². The number of rotatable bonds is 8. The van der Waals surface area contributed by atoms with E-state index in [1.807, 2.05) is 58.0 Å². The van der Waals surface area contributed by atoms with E-state index in [0.717, 1.165) is 33.8 Å². The van der Waals surface area contributed by atoms with Gasteiger partial charge in [0.15, 0.2) is 0 Å². The molecule has 0 aliphatic heterocycles. The van der Waals surface area contributed by atoms with Crippen molar-refractivity contribution < 1.29 is 19.4 Å². The van der Waals surface area contributed by atoms with Gasteiger partial charge in [0, 0.05) is 6.42 Å². The predicted molar refractivity (Wildman–Crippen MR) is 98.4 cm³/mol. The number of aliphatic carboxylic acids is 1. The Morgan fingerprint density at radius 2 is 1.84 bits per heavy atom. The quantitative estimate of drug-likeness (QED) is 0.756. The molecule has 0 amide bonds. The fraction of sp³-hybridized carbons (Fsp3) is 0.381. The summed E-state index contributed by atoms with van der Waals surface area (Å²) in [5.41, 5.74) is 4.21. The van der Waals surface area contributed by atoms with Gasteiger partial charge >= 0.3 is 5.97 Å². The highest BCUT2D eigenvalue weighted by Crippen LogP contribution is 2.23. The SMILES string of the molecule is Cc1cc(COc2ccc(CCC(=O)O)cc2C)cc(OC(C)C)c1. The molecule has 4 nitrogen and oxygen atoms in total. The molecule has 0 fully saturated rings. The number of benzene rings is 2. The van der Waals surface area contributed by atoms with E-state index in [9.17, 15) is 4.79 Å². The molecule has 4 heteroatoms. The smallest absolute Gasteiger partial charge is 0.303 e. The lowest BCUT2D eigenvalue weighted by molar-refractivity contribution is -0.136. The van der Waals surface area contributed by atoms with Crippen molar-refractivity contribution in [3.63, 3.8) is 0 Å². The standard InChI is InChI=1S/C21H26O4/c1-14(2)25-19-10-15(3)9-18(12-19)13-24-20-7-5-17(11-16(20)4)6-8-21(22)23/h5,7,9-12,14H,6,8,13H2,1-4H3,(H,22,23). The van der Waals surface area contributed by atoms with Crippen LogP contribution in [0.25, 0.3) is 0 Å². The van der Waals surface area contributed by atoms with Gasteiger partial charge in [-0.3, -0.25) is 4.79 Å². The van der Waals surface area contributed by atoms with Crippen molar-refractivity contribution in [3.8, 4) is 11.5 Å². The largest absolute Gasteiger partial charge is 0.491 e. The lowest BCUT2D eigenvalue weighted by Gasteiger charge is -2.14. The van der Waals surface area contributed by atoms with Crippen molar-refractivity contribution in [2.45, 2.75) is 53.2 Å². The van der Waals surface area contributed by atoms with E-state index in [0.29, 0.717) is 13.0 Å². The zero-order valence-corrected chi connectivity index (χ0v) is 15.3. The molecule has 1 N–H and O–H groups in total. The Morgan fingerprint density at radius 1 is 1.08 bits per heavy atom. The number of aryl methyl sites for hydroxylation is 3. The molecule has 0 heterocycles. The lowest BCUT2D eigenvalue weighted by Crippen LogP contribution is -2.06. The maximum absolute atomic E-state index is 10.7. The molecule has 0 aliphatic carbocycles. The number of carbonyl (C=O) groups is 1. The van der Waals surface area contributed by atoms with Gasteiger partial charge < -0.3 is 14.6 Å². The second kappa shape index (κ2) is 8.56. The zero-order chi connectivity index (χ0) is 18.4. The van der Waals surface area contributed by atoms with Crippen LogP contribution in [0.2, 0.25) is 0 Å². The summed E-state index contributed by atoms with van der Waals surface area (Å²) in [7, 11) is 0. The van der Waals surface area contributed by atoms with Crippen LogP contribution in [0.1, 0.15) is 42.5 Å². The average molecular weight is 342 g/mol. The molecule has 2 rings (SSSR count). The second-order valence-corrected chi connectivity index (χ2v) is 6.60. The van der Waals surface area contributed by atoms with Gasteiger partial charge in [0.05, 0.1) is 6.10 Å². The minimum atomic E-state index is -0.781. The minimum Gasteiger partial charge on any atom is -0.491 e. The van der Waals surface area contributed by atoms with Crippen LogP contribution < -0.4 is 9.47 Å².